The Morgan fingerprint density at radius 2 is 2.47 bits per heavy atom. The molecule has 0 saturated heterocycles. The van der Waals surface area contributed by atoms with Gasteiger partial charge in [-0.1, -0.05) is 10.4 Å². The van der Waals surface area contributed by atoms with E-state index in [-0.39, 0.29) is 5.69 Å². The first-order chi connectivity index (χ1) is 7.15. The largest absolute Gasteiger partial charge is 0.476 e. The van der Waals surface area contributed by atoms with Crippen molar-refractivity contribution in [2.75, 3.05) is 0 Å². The Labute approximate surface area is 84.3 Å². The fourth-order valence-electron chi connectivity index (χ4n) is 1.12. The third-order valence-electron chi connectivity index (χ3n) is 1.75. The van der Waals surface area contributed by atoms with E-state index in [1.54, 1.807) is 13.0 Å². The van der Waals surface area contributed by atoms with Crippen molar-refractivity contribution in [1.82, 2.24) is 20.2 Å². The smallest absolute Gasteiger partial charge is 0.358 e. The molecule has 0 aliphatic rings. The van der Waals surface area contributed by atoms with Crippen LogP contribution in [-0.2, 0) is 6.54 Å². The Kier molecular flexibility index (Phi) is 2.20. The van der Waals surface area contributed by atoms with Gasteiger partial charge in [-0.15, -0.1) is 5.10 Å². The van der Waals surface area contributed by atoms with Gasteiger partial charge in [0.25, 0.3) is 0 Å². The summed E-state index contributed by atoms with van der Waals surface area (Å²) in [7, 11) is 0. The lowest BCUT2D eigenvalue weighted by molar-refractivity contribution is 0.0690. The Hall–Kier alpha value is -2.18. The van der Waals surface area contributed by atoms with Crippen molar-refractivity contribution in [3.8, 4) is 0 Å². The Bertz CT molecular complexity index is 488. The van der Waals surface area contributed by atoms with Crippen molar-refractivity contribution < 1.29 is 14.4 Å². The third kappa shape index (κ3) is 2.01. The monoisotopic (exact) mass is 208 g/mol. The van der Waals surface area contributed by atoms with Crippen LogP contribution < -0.4 is 0 Å². The minimum absolute atomic E-state index is 0.0914. The second kappa shape index (κ2) is 3.52. The number of carbonyl (C=O) groups is 1. The van der Waals surface area contributed by atoms with Gasteiger partial charge in [0.1, 0.15) is 6.54 Å². The molecule has 15 heavy (non-hydrogen) atoms. The summed E-state index contributed by atoms with van der Waals surface area (Å²) in [6, 6.07) is 1.75. The second-order valence-corrected chi connectivity index (χ2v) is 3.04. The number of carboxylic acids is 1. The molecule has 7 heteroatoms. The van der Waals surface area contributed by atoms with Crippen LogP contribution in [0.1, 0.15) is 21.9 Å². The van der Waals surface area contributed by atoms with Gasteiger partial charge in [-0.25, -0.2) is 9.48 Å². The first-order valence-corrected chi connectivity index (χ1v) is 4.21. The molecule has 0 saturated carbocycles. The highest BCUT2D eigenvalue weighted by Gasteiger charge is 2.09. The lowest BCUT2D eigenvalue weighted by Crippen LogP contribution is -1.99. The summed E-state index contributed by atoms with van der Waals surface area (Å²) in [5, 5.41) is 19.4. The summed E-state index contributed by atoms with van der Waals surface area (Å²) < 4.78 is 6.33. The van der Waals surface area contributed by atoms with E-state index in [0.717, 1.165) is 5.69 Å². The predicted molar refractivity (Wildman–Crippen MR) is 47.3 cm³/mol. The summed E-state index contributed by atoms with van der Waals surface area (Å²) in [6.07, 6.45) is 1.33. The standard InChI is InChI=1S/C8H8N4O3/c1-5-2-6(15-10-5)3-12-4-7(8(13)14)9-11-12/h2,4H,3H2,1H3,(H,13,14). The normalized spacial score (nSPS) is 10.5. The van der Waals surface area contributed by atoms with Crippen LogP contribution in [0.5, 0.6) is 0 Å². The van der Waals surface area contributed by atoms with Crippen LogP contribution in [0.15, 0.2) is 16.8 Å². The number of aryl methyl sites for hydroxylation is 1. The van der Waals surface area contributed by atoms with Crippen LogP contribution in [0.2, 0.25) is 0 Å². The van der Waals surface area contributed by atoms with E-state index in [4.69, 9.17) is 9.63 Å². The summed E-state index contributed by atoms with van der Waals surface area (Å²) in [4.78, 5) is 10.5. The molecule has 0 unspecified atom stereocenters. The van der Waals surface area contributed by atoms with Crippen LogP contribution in [0, 0.1) is 6.92 Å². The van der Waals surface area contributed by atoms with Gasteiger partial charge in [0.15, 0.2) is 11.5 Å². The van der Waals surface area contributed by atoms with Crippen molar-refractivity contribution in [3.63, 3.8) is 0 Å². The van der Waals surface area contributed by atoms with Crippen molar-refractivity contribution >= 4 is 5.97 Å². The third-order valence-corrected chi connectivity index (χ3v) is 1.75. The van der Waals surface area contributed by atoms with Crippen LogP contribution >= 0.6 is 0 Å². The van der Waals surface area contributed by atoms with Gasteiger partial charge in [-0.3, -0.25) is 0 Å². The quantitative estimate of drug-likeness (QED) is 0.780. The fraction of sp³-hybridized carbons (Fsp3) is 0.250. The Morgan fingerprint density at radius 3 is 3.00 bits per heavy atom. The molecule has 2 aromatic heterocycles. The van der Waals surface area contributed by atoms with Gasteiger partial charge >= 0.3 is 5.97 Å². The maximum Gasteiger partial charge on any atom is 0.358 e. The van der Waals surface area contributed by atoms with Crippen LogP contribution in [0.4, 0.5) is 0 Å². The molecule has 0 amide bonds. The molecule has 7 nitrogen and oxygen atoms in total. The number of aromatic carboxylic acids is 1. The summed E-state index contributed by atoms with van der Waals surface area (Å²) in [5.41, 5.74) is 0.676. The molecule has 0 spiro atoms. The first-order valence-electron chi connectivity index (χ1n) is 4.21. The number of nitrogens with zero attached hydrogens (tertiary/aromatic N) is 4. The average Bonchev–Trinajstić information content (AvgIpc) is 2.76. The molecule has 78 valence electrons. The number of carboxylic acid groups (broad SMARTS) is 1. The van der Waals surface area contributed by atoms with Gasteiger partial charge < -0.3 is 9.63 Å². The molecule has 2 heterocycles. The average molecular weight is 208 g/mol. The molecule has 0 aliphatic heterocycles. The molecule has 2 rings (SSSR count). The highest BCUT2D eigenvalue weighted by atomic mass is 16.5. The molecule has 0 aromatic carbocycles. The molecule has 1 N–H and O–H groups in total. The molecule has 0 bridgehead atoms. The minimum Gasteiger partial charge on any atom is -0.476 e. The maximum atomic E-state index is 10.5. The molecule has 0 radical (unpaired) electrons. The van der Waals surface area contributed by atoms with Crippen molar-refractivity contribution in [2.24, 2.45) is 0 Å². The fourth-order valence-corrected chi connectivity index (χ4v) is 1.12. The van der Waals surface area contributed by atoms with Crippen molar-refractivity contribution in [2.45, 2.75) is 13.5 Å². The van der Waals surface area contributed by atoms with E-state index in [9.17, 15) is 4.79 Å². The maximum absolute atomic E-state index is 10.5. The second-order valence-electron chi connectivity index (χ2n) is 3.04. The summed E-state index contributed by atoms with van der Waals surface area (Å²) in [5.74, 6) is -0.496. The van der Waals surface area contributed by atoms with Crippen LogP contribution in [-0.4, -0.2) is 31.2 Å². The van der Waals surface area contributed by atoms with Gasteiger partial charge in [0.2, 0.25) is 0 Å². The summed E-state index contributed by atoms with van der Waals surface area (Å²) >= 11 is 0. The molecule has 0 fully saturated rings. The SMILES string of the molecule is Cc1cc(Cn2cc(C(=O)O)nn2)on1. The molecule has 0 aliphatic carbocycles. The van der Waals surface area contributed by atoms with E-state index in [1.807, 2.05) is 0 Å². The Morgan fingerprint density at radius 1 is 1.67 bits per heavy atom. The minimum atomic E-state index is -1.10. The number of hydrogen-bond acceptors (Lipinski definition) is 5. The van der Waals surface area contributed by atoms with Gasteiger partial charge in [-0.2, -0.15) is 0 Å². The summed E-state index contributed by atoms with van der Waals surface area (Å²) in [6.45, 7) is 2.12. The van der Waals surface area contributed by atoms with Crippen molar-refractivity contribution in [3.05, 3.63) is 29.4 Å². The zero-order chi connectivity index (χ0) is 10.8. The highest BCUT2D eigenvalue weighted by Crippen LogP contribution is 2.04. The first kappa shape index (κ1) is 9.38. The van der Waals surface area contributed by atoms with E-state index < -0.39 is 5.97 Å². The van der Waals surface area contributed by atoms with Crippen molar-refractivity contribution in [1.29, 1.82) is 0 Å². The lowest BCUT2D eigenvalue weighted by atomic mass is 10.4. The molecular weight excluding hydrogens is 200 g/mol. The van der Waals surface area contributed by atoms with Crippen LogP contribution in [0.3, 0.4) is 0 Å². The molecule has 2 aromatic rings. The molecule has 0 atom stereocenters. The van der Waals surface area contributed by atoms with Gasteiger partial charge in [0.05, 0.1) is 11.9 Å². The van der Waals surface area contributed by atoms with E-state index in [2.05, 4.69) is 15.5 Å². The lowest BCUT2D eigenvalue weighted by Gasteiger charge is -1.92. The van der Waals surface area contributed by atoms with E-state index in [0.29, 0.717) is 12.3 Å². The topological polar surface area (TPSA) is 94.0 Å². The highest BCUT2D eigenvalue weighted by molar-refractivity contribution is 5.84. The van der Waals surface area contributed by atoms with Crippen LogP contribution in [0.25, 0.3) is 0 Å². The number of aromatic nitrogens is 4. The van der Waals surface area contributed by atoms with E-state index in [1.165, 1.54) is 10.9 Å². The predicted octanol–water partition coefficient (Wildman–Crippen LogP) is 0.321. The zero-order valence-corrected chi connectivity index (χ0v) is 7.91. The van der Waals surface area contributed by atoms with E-state index >= 15 is 0 Å². The Balaban J connectivity index is 2.14. The number of hydrogen-bond donors (Lipinski definition) is 1. The molecular formula is C8H8N4O3. The van der Waals surface area contributed by atoms with Gasteiger partial charge in [0, 0.05) is 6.07 Å². The zero-order valence-electron chi connectivity index (χ0n) is 7.91. The number of rotatable bonds is 3. The van der Waals surface area contributed by atoms with Gasteiger partial charge in [-0.05, 0) is 6.92 Å².